The Kier molecular flexibility index (Phi) is 7.69. The third-order valence-corrected chi connectivity index (χ3v) is 11.3. The number of alkyl carbamates (subject to hydrolysis) is 1. The molecule has 0 radical (unpaired) electrons. The van der Waals surface area contributed by atoms with E-state index in [1.807, 2.05) is 45.0 Å². The number of carbonyl (C=O) groups excluding carboxylic acids is 2. The third kappa shape index (κ3) is 7.03. The normalized spacial score (nSPS) is 18.7. The number of ether oxygens (including phenoxy) is 1. The van der Waals surface area contributed by atoms with E-state index in [2.05, 4.69) is 44.5 Å². The van der Waals surface area contributed by atoms with Gasteiger partial charge in [0, 0.05) is 16.6 Å². The van der Waals surface area contributed by atoms with Crippen molar-refractivity contribution in [3.63, 3.8) is 0 Å². The molecule has 0 bridgehead atoms. The molecule has 1 heterocycles. The van der Waals surface area contributed by atoms with Crippen molar-refractivity contribution in [1.82, 2.24) is 5.32 Å². The summed E-state index contributed by atoms with van der Waals surface area (Å²) in [4.78, 5) is 26.1. The molecule has 1 aliphatic rings. The Morgan fingerprint density at radius 2 is 1.87 bits per heavy atom. The summed E-state index contributed by atoms with van der Waals surface area (Å²) in [6.45, 7) is 16.7. The lowest BCUT2D eigenvalue weighted by Gasteiger charge is -2.38. The molecule has 30 heavy (non-hydrogen) atoms. The highest BCUT2D eigenvalue weighted by atomic mass is 32.2. The largest absolute Gasteiger partial charge is 0.444 e. The molecule has 2 amide bonds. The van der Waals surface area contributed by atoms with Gasteiger partial charge in [-0.05, 0) is 51.0 Å². The Morgan fingerprint density at radius 3 is 2.47 bits per heavy atom. The van der Waals surface area contributed by atoms with E-state index in [1.165, 1.54) is 0 Å². The maximum absolute atomic E-state index is 12.6. The van der Waals surface area contributed by atoms with Gasteiger partial charge in [-0.2, -0.15) is 0 Å². The zero-order valence-electron chi connectivity index (χ0n) is 19.4. The number of nitrogens with one attached hydrogen (secondary N) is 2. The molecule has 0 aromatic heterocycles. The topological polar surface area (TPSA) is 76.7 Å². The summed E-state index contributed by atoms with van der Waals surface area (Å²) in [5, 5.41) is 5.81. The molecule has 2 N–H and O–H groups in total. The summed E-state index contributed by atoms with van der Waals surface area (Å²) < 4.78 is 11.9. The first-order chi connectivity index (χ1) is 13.7. The number of thioether (sulfide) groups is 1. The van der Waals surface area contributed by atoms with Crippen LogP contribution in [0.5, 0.6) is 0 Å². The number of para-hydroxylation sites is 1. The number of carbonyl (C=O) groups is 2. The van der Waals surface area contributed by atoms with Crippen LogP contribution in [0.3, 0.4) is 0 Å². The van der Waals surface area contributed by atoms with Gasteiger partial charge in [0.25, 0.3) is 0 Å². The van der Waals surface area contributed by atoms with Crippen LogP contribution in [0, 0.1) is 0 Å². The number of hydrogen-bond donors (Lipinski definition) is 2. The van der Waals surface area contributed by atoms with Crippen LogP contribution in [0.2, 0.25) is 18.1 Å². The van der Waals surface area contributed by atoms with Gasteiger partial charge >= 0.3 is 6.09 Å². The van der Waals surface area contributed by atoms with Crippen molar-refractivity contribution in [2.75, 3.05) is 11.9 Å². The van der Waals surface area contributed by atoms with Crippen molar-refractivity contribution in [2.45, 2.75) is 87.9 Å². The molecule has 168 valence electrons. The second-order valence-electron chi connectivity index (χ2n) is 10.2. The molecule has 2 rings (SSSR count). The first-order valence-corrected chi connectivity index (χ1v) is 14.2. The Morgan fingerprint density at radius 1 is 1.23 bits per heavy atom. The maximum atomic E-state index is 12.6. The monoisotopic (exact) mass is 452 g/mol. The van der Waals surface area contributed by atoms with Crippen LogP contribution in [0.25, 0.3) is 0 Å². The fourth-order valence-electron chi connectivity index (χ4n) is 2.70. The Bertz CT molecular complexity index is 771. The Labute approximate surface area is 186 Å². The minimum Gasteiger partial charge on any atom is -0.444 e. The van der Waals surface area contributed by atoms with Gasteiger partial charge in [0.1, 0.15) is 5.60 Å². The summed E-state index contributed by atoms with van der Waals surface area (Å²) >= 11 is 1.59. The van der Waals surface area contributed by atoms with E-state index in [4.69, 9.17) is 9.16 Å². The molecular weight excluding hydrogens is 416 g/mol. The van der Waals surface area contributed by atoms with Crippen molar-refractivity contribution < 1.29 is 18.8 Å². The Hall–Kier alpha value is -1.51. The number of rotatable bonds is 5. The van der Waals surface area contributed by atoms with Crippen LogP contribution in [-0.4, -0.2) is 43.8 Å². The highest BCUT2D eigenvalue weighted by Crippen LogP contribution is 2.39. The fraction of sp³-hybridized carbons (Fsp3) is 0.636. The van der Waals surface area contributed by atoms with Gasteiger partial charge in [0.05, 0.1) is 18.3 Å². The first-order valence-electron chi connectivity index (χ1n) is 10.4. The van der Waals surface area contributed by atoms with Crippen LogP contribution >= 0.6 is 11.8 Å². The van der Waals surface area contributed by atoms with Crippen molar-refractivity contribution >= 4 is 37.8 Å². The second kappa shape index (κ2) is 9.32. The van der Waals surface area contributed by atoms with Crippen LogP contribution in [0.15, 0.2) is 29.2 Å². The van der Waals surface area contributed by atoms with Gasteiger partial charge in [-0.3, -0.25) is 4.79 Å². The summed E-state index contributed by atoms with van der Waals surface area (Å²) in [5.74, 6) is -0.0687. The zero-order valence-corrected chi connectivity index (χ0v) is 21.2. The summed E-state index contributed by atoms with van der Waals surface area (Å²) in [5.41, 5.74) is 0.200. The van der Waals surface area contributed by atoms with Crippen LogP contribution < -0.4 is 10.6 Å². The lowest BCUT2D eigenvalue weighted by atomic mass is 10.1. The fourth-order valence-corrected chi connectivity index (χ4v) is 5.01. The molecular formula is C22H36N2O4SSi. The SMILES string of the molecule is CC(C)(C)OC(=O)N[C@@H](CO[Si](C)(C)C(C)(C)C)[C@H]1CC(=O)Nc2ccccc2S1. The van der Waals surface area contributed by atoms with Crippen molar-refractivity contribution in [1.29, 1.82) is 0 Å². The number of benzene rings is 1. The standard InChI is InChI=1S/C22H36N2O4SSi/c1-21(2,3)28-20(26)24-16(14-27-30(7,8)22(4,5)6)18-13-19(25)23-15-11-9-10-12-17(15)29-18/h9-12,16,18H,13-14H2,1-8H3,(H,23,25)(H,24,26)/t16-,18+/m0/s1. The van der Waals surface area contributed by atoms with Crippen LogP contribution in [0.1, 0.15) is 48.0 Å². The van der Waals surface area contributed by atoms with E-state index in [0.717, 1.165) is 10.6 Å². The molecule has 8 heteroatoms. The van der Waals surface area contributed by atoms with Gasteiger partial charge in [0.2, 0.25) is 5.91 Å². The van der Waals surface area contributed by atoms with Crippen molar-refractivity contribution in [3.8, 4) is 0 Å². The molecule has 6 nitrogen and oxygen atoms in total. The smallest absolute Gasteiger partial charge is 0.407 e. The third-order valence-electron chi connectivity index (χ3n) is 5.41. The molecule has 0 saturated heterocycles. The number of anilines is 1. The van der Waals surface area contributed by atoms with Crippen molar-refractivity contribution in [2.24, 2.45) is 0 Å². The zero-order chi connectivity index (χ0) is 22.7. The predicted molar refractivity (Wildman–Crippen MR) is 126 cm³/mol. The van der Waals surface area contributed by atoms with Crippen LogP contribution in [-0.2, 0) is 14.0 Å². The molecule has 0 unspecified atom stereocenters. The molecule has 1 aliphatic heterocycles. The summed E-state index contributed by atoms with van der Waals surface area (Å²) in [6.07, 6.45) is -0.217. The minimum absolute atomic E-state index is 0.0457. The number of amides is 2. The average Bonchev–Trinajstić information content (AvgIpc) is 2.73. The van der Waals surface area contributed by atoms with Crippen molar-refractivity contribution in [3.05, 3.63) is 24.3 Å². The van der Waals surface area contributed by atoms with Crippen LogP contribution in [0.4, 0.5) is 10.5 Å². The van der Waals surface area contributed by atoms with Gasteiger partial charge in [-0.1, -0.05) is 32.9 Å². The van der Waals surface area contributed by atoms with E-state index in [9.17, 15) is 9.59 Å². The molecule has 1 aromatic carbocycles. The first kappa shape index (κ1) is 24.8. The number of fused-ring (bicyclic) bond motifs is 1. The highest BCUT2D eigenvalue weighted by molar-refractivity contribution is 8.00. The molecule has 2 atom stereocenters. The number of hydrogen-bond acceptors (Lipinski definition) is 5. The highest BCUT2D eigenvalue weighted by Gasteiger charge is 2.39. The summed E-state index contributed by atoms with van der Waals surface area (Å²) in [6, 6.07) is 7.36. The minimum atomic E-state index is -2.03. The maximum Gasteiger partial charge on any atom is 0.407 e. The van der Waals surface area contributed by atoms with E-state index in [1.54, 1.807) is 11.8 Å². The van der Waals surface area contributed by atoms with E-state index in [-0.39, 0.29) is 28.7 Å². The lowest BCUT2D eigenvalue weighted by Crippen LogP contribution is -2.51. The quantitative estimate of drug-likeness (QED) is 0.585. The van der Waals surface area contributed by atoms with Gasteiger partial charge in [-0.15, -0.1) is 11.8 Å². The molecule has 0 saturated carbocycles. The molecule has 0 aliphatic carbocycles. The van der Waals surface area contributed by atoms with Gasteiger partial charge < -0.3 is 19.8 Å². The average molecular weight is 453 g/mol. The summed E-state index contributed by atoms with van der Waals surface area (Å²) in [7, 11) is -2.03. The predicted octanol–water partition coefficient (Wildman–Crippen LogP) is 5.40. The van der Waals surface area contributed by atoms with Gasteiger partial charge in [-0.25, -0.2) is 4.79 Å². The van der Waals surface area contributed by atoms with Gasteiger partial charge in [0.15, 0.2) is 8.32 Å². The second-order valence-corrected chi connectivity index (χ2v) is 16.3. The van der Waals surface area contributed by atoms with E-state index >= 15 is 0 Å². The molecule has 1 aromatic rings. The lowest BCUT2D eigenvalue weighted by molar-refractivity contribution is -0.116. The Balaban J connectivity index is 2.25. The molecule has 0 fully saturated rings. The van der Waals surface area contributed by atoms with E-state index in [0.29, 0.717) is 6.61 Å². The molecule has 0 spiro atoms. The van der Waals surface area contributed by atoms with E-state index < -0.39 is 20.0 Å².